The molecule has 3 aromatic carbocycles. The molecule has 158 valence electrons. The van der Waals surface area contributed by atoms with Crippen LogP contribution in [0.15, 0.2) is 82.8 Å². The summed E-state index contributed by atoms with van der Waals surface area (Å²) in [6.45, 7) is 1.60. The molecule has 1 unspecified atom stereocenters. The molecule has 0 fully saturated rings. The van der Waals surface area contributed by atoms with Gasteiger partial charge in [-0.3, -0.25) is 9.89 Å². The van der Waals surface area contributed by atoms with Gasteiger partial charge in [-0.2, -0.15) is 0 Å². The Morgan fingerprint density at radius 1 is 0.839 bits per heavy atom. The van der Waals surface area contributed by atoms with Crippen molar-refractivity contribution in [1.29, 1.82) is 0 Å². The third kappa shape index (κ3) is 3.69. The van der Waals surface area contributed by atoms with E-state index in [2.05, 4.69) is 24.3 Å². The van der Waals surface area contributed by atoms with Gasteiger partial charge in [-0.05, 0) is 52.9 Å². The molecule has 7 heteroatoms. The van der Waals surface area contributed by atoms with Gasteiger partial charge in [-0.1, -0.05) is 71.7 Å². The molecule has 0 saturated heterocycles. The summed E-state index contributed by atoms with van der Waals surface area (Å²) in [5.74, 6) is 1.40. The van der Waals surface area contributed by atoms with Crippen LogP contribution in [0.25, 0.3) is 11.1 Å². The normalized spacial score (nSPS) is 19.9. The first-order valence-corrected chi connectivity index (χ1v) is 10.6. The summed E-state index contributed by atoms with van der Waals surface area (Å²) < 4.78 is 0. The van der Waals surface area contributed by atoms with Crippen molar-refractivity contribution in [3.05, 3.63) is 94.0 Å². The van der Waals surface area contributed by atoms with Crippen molar-refractivity contribution in [1.82, 2.24) is 4.90 Å². The van der Waals surface area contributed by atoms with Gasteiger partial charge < -0.3 is 5.73 Å². The molecule has 2 heterocycles. The van der Waals surface area contributed by atoms with Gasteiger partial charge in [0.05, 0.1) is 0 Å². The second kappa shape index (κ2) is 8.54. The molecule has 2 aliphatic rings. The predicted molar refractivity (Wildman–Crippen MR) is 132 cm³/mol. The largest absolute Gasteiger partial charge is 0.369 e. The number of hydrogen-bond acceptors (Lipinski definition) is 4. The number of nitrogens with zero attached hydrogens (tertiary/aromatic N) is 3. The molecule has 0 saturated carbocycles. The van der Waals surface area contributed by atoms with Gasteiger partial charge in [0.1, 0.15) is 5.84 Å². The van der Waals surface area contributed by atoms with E-state index in [9.17, 15) is 0 Å². The Labute approximate surface area is 197 Å². The van der Waals surface area contributed by atoms with Crippen LogP contribution in [-0.4, -0.2) is 29.8 Å². The highest BCUT2D eigenvalue weighted by Gasteiger charge is 2.49. The highest BCUT2D eigenvalue weighted by atomic mass is 35.5. The molecule has 0 aliphatic carbocycles. The number of benzene rings is 3. The highest BCUT2D eigenvalue weighted by molar-refractivity contribution is 6.35. The van der Waals surface area contributed by atoms with E-state index in [4.69, 9.17) is 38.9 Å². The van der Waals surface area contributed by atoms with Crippen LogP contribution in [0.3, 0.4) is 0 Å². The third-order valence-corrected chi connectivity index (χ3v) is 6.04. The van der Waals surface area contributed by atoms with Crippen molar-refractivity contribution in [2.24, 2.45) is 15.7 Å². The number of amidine groups is 1. The standard InChI is InChI=1S/C24H20Cl2N4.ClH/c25-20-13-17(14-21(26)15-20)16-6-4-9-19(12-16)24(18-7-2-1-3-8-18)22-28-10-5-11-30(22)23(27)29-24;/h1-4,6-9,12-15H,5,10-11H2,(H2,27,29);1H. The van der Waals surface area contributed by atoms with Crippen molar-refractivity contribution in [3.8, 4) is 11.1 Å². The topological polar surface area (TPSA) is 54.0 Å². The van der Waals surface area contributed by atoms with Crippen molar-refractivity contribution >= 4 is 47.4 Å². The summed E-state index contributed by atoms with van der Waals surface area (Å²) in [7, 11) is 0. The van der Waals surface area contributed by atoms with Crippen molar-refractivity contribution < 1.29 is 0 Å². The van der Waals surface area contributed by atoms with Crippen LogP contribution in [0.4, 0.5) is 0 Å². The van der Waals surface area contributed by atoms with Gasteiger partial charge in [0.2, 0.25) is 0 Å². The van der Waals surface area contributed by atoms with Gasteiger partial charge in [0.15, 0.2) is 11.5 Å². The van der Waals surface area contributed by atoms with E-state index in [1.165, 1.54) is 0 Å². The molecule has 1 atom stereocenters. The maximum Gasteiger partial charge on any atom is 0.198 e. The molecule has 5 rings (SSSR count). The fourth-order valence-electron chi connectivity index (χ4n) is 4.30. The lowest BCUT2D eigenvalue weighted by molar-refractivity contribution is 0.531. The Balaban J connectivity index is 0.00000231. The number of guanidine groups is 1. The number of fused-ring (bicyclic) bond motifs is 1. The van der Waals surface area contributed by atoms with Crippen LogP contribution in [0, 0.1) is 0 Å². The monoisotopic (exact) mass is 470 g/mol. The Morgan fingerprint density at radius 3 is 2.29 bits per heavy atom. The van der Waals surface area contributed by atoms with Crippen molar-refractivity contribution in [2.45, 2.75) is 12.0 Å². The quantitative estimate of drug-likeness (QED) is 0.528. The Morgan fingerprint density at radius 2 is 1.55 bits per heavy atom. The lowest BCUT2D eigenvalue weighted by atomic mass is 9.81. The van der Waals surface area contributed by atoms with Crippen LogP contribution < -0.4 is 5.73 Å². The first kappa shape index (κ1) is 21.7. The van der Waals surface area contributed by atoms with E-state index in [1.807, 2.05) is 47.4 Å². The van der Waals surface area contributed by atoms with Gasteiger partial charge in [0, 0.05) is 23.1 Å². The Kier molecular flexibility index (Phi) is 5.98. The van der Waals surface area contributed by atoms with Crippen LogP contribution in [0.5, 0.6) is 0 Å². The molecule has 2 N–H and O–H groups in total. The van der Waals surface area contributed by atoms with Crippen LogP contribution in [0.2, 0.25) is 10.0 Å². The fourth-order valence-corrected chi connectivity index (χ4v) is 4.82. The van der Waals surface area contributed by atoms with E-state index >= 15 is 0 Å². The van der Waals surface area contributed by atoms with Crippen molar-refractivity contribution in [2.75, 3.05) is 13.1 Å². The smallest absolute Gasteiger partial charge is 0.198 e. The Hall–Kier alpha value is -2.53. The molecule has 3 aromatic rings. The third-order valence-electron chi connectivity index (χ3n) is 5.61. The fraction of sp³-hybridized carbons (Fsp3) is 0.167. The molecule has 0 radical (unpaired) electrons. The molecule has 31 heavy (non-hydrogen) atoms. The van der Waals surface area contributed by atoms with Gasteiger partial charge in [-0.25, -0.2) is 4.99 Å². The zero-order valence-corrected chi connectivity index (χ0v) is 19.0. The van der Waals surface area contributed by atoms with Crippen LogP contribution in [-0.2, 0) is 5.54 Å². The second-order valence-corrected chi connectivity index (χ2v) is 8.37. The van der Waals surface area contributed by atoms with Crippen LogP contribution >= 0.6 is 35.6 Å². The first-order valence-electron chi connectivity index (χ1n) is 9.88. The molecule has 0 bridgehead atoms. The van der Waals surface area contributed by atoms with E-state index in [0.717, 1.165) is 47.6 Å². The summed E-state index contributed by atoms with van der Waals surface area (Å²) in [4.78, 5) is 11.9. The highest BCUT2D eigenvalue weighted by Crippen LogP contribution is 2.42. The molecule has 2 aliphatic heterocycles. The lowest BCUT2D eigenvalue weighted by Crippen LogP contribution is -2.46. The first-order chi connectivity index (χ1) is 14.6. The maximum absolute atomic E-state index is 6.39. The number of nitrogens with two attached hydrogens (primary N) is 1. The predicted octanol–water partition coefficient (Wildman–Crippen LogP) is 5.76. The molecule has 0 spiro atoms. The van der Waals surface area contributed by atoms with E-state index in [-0.39, 0.29) is 12.4 Å². The number of rotatable bonds is 3. The van der Waals surface area contributed by atoms with Gasteiger partial charge in [0.25, 0.3) is 0 Å². The summed E-state index contributed by atoms with van der Waals surface area (Å²) in [6, 6.07) is 24.1. The number of halogens is 3. The zero-order chi connectivity index (χ0) is 20.7. The molecule has 0 amide bonds. The molecular formula is C24H21Cl3N4. The van der Waals surface area contributed by atoms with Gasteiger partial charge in [-0.15, -0.1) is 12.4 Å². The second-order valence-electron chi connectivity index (χ2n) is 7.50. The maximum atomic E-state index is 6.39. The minimum atomic E-state index is -0.774. The van der Waals surface area contributed by atoms with E-state index < -0.39 is 5.54 Å². The van der Waals surface area contributed by atoms with E-state index in [1.54, 1.807) is 6.07 Å². The SMILES string of the molecule is Cl.NC1=NC(c2ccccc2)(c2cccc(-c3cc(Cl)cc(Cl)c3)c2)C2=NCCCN12. The van der Waals surface area contributed by atoms with Crippen LogP contribution in [0.1, 0.15) is 17.5 Å². The zero-order valence-electron chi connectivity index (χ0n) is 16.6. The van der Waals surface area contributed by atoms with E-state index in [0.29, 0.717) is 16.0 Å². The average molecular weight is 472 g/mol. The number of hydrogen-bond donors (Lipinski definition) is 1. The van der Waals surface area contributed by atoms with Crippen molar-refractivity contribution in [3.63, 3.8) is 0 Å². The lowest BCUT2D eigenvalue weighted by Gasteiger charge is -2.33. The minimum absolute atomic E-state index is 0. The summed E-state index contributed by atoms with van der Waals surface area (Å²) in [6.07, 6.45) is 0.964. The average Bonchev–Trinajstić information content (AvgIpc) is 3.08. The van der Waals surface area contributed by atoms with Gasteiger partial charge >= 0.3 is 0 Å². The molecular weight excluding hydrogens is 451 g/mol. The Bertz CT molecular complexity index is 1160. The summed E-state index contributed by atoms with van der Waals surface area (Å²) >= 11 is 12.5. The minimum Gasteiger partial charge on any atom is -0.369 e. The summed E-state index contributed by atoms with van der Waals surface area (Å²) in [5.41, 5.74) is 9.63. The summed E-state index contributed by atoms with van der Waals surface area (Å²) in [5, 5.41) is 1.21. The molecule has 0 aromatic heterocycles. The number of aliphatic imine (C=N–C) groups is 2. The molecule has 4 nitrogen and oxygen atoms in total.